The Kier molecular flexibility index (Phi) is 43.1. The maximum atomic E-state index is 12.3. The summed E-state index contributed by atoms with van der Waals surface area (Å²) in [5.74, 6) is -0.153. The Morgan fingerprint density at radius 3 is 1.57 bits per heavy atom. The van der Waals surface area contributed by atoms with Gasteiger partial charge < -0.3 is 9.87 Å². The molecule has 0 fully saturated rings. The zero-order valence-electron chi connectivity index (χ0n) is 15.2. The average molecular weight is 322 g/mol. The molecule has 0 bridgehead atoms. The minimum Gasteiger partial charge on any atom is -0.330 e. The summed E-state index contributed by atoms with van der Waals surface area (Å²) in [6.45, 7) is 10.4. The van der Waals surface area contributed by atoms with Gasteiger partial charge in [-0.05, 0) is 50.3 Å². The maximum Gasteiger partial charge on any atom is 0.123 e. The lowest BCUT2D eigenvalue weighted by Gasteiger charge is -1.95. The van der Waals surface area contributed by atoms with Crippen LogP contribution in [0, 0.1) is 5.82 Å². The van der Waals surface area contributed by atoms with E-state index in [0.29, 0.717) is 0 Å². The Bertz CT molecular complexity index is 238. The number of rotatable bonds is 2. The molecule has 2 N–H and O–H groups in total. The van der Waals surface area contributed by atoms with Crippen molar-refractivity contribution in [3.63, 3.8) is 0 Å². The van der Waals surface area contributed by atoms with Gasteiger partial charge in [0.05, 0.1) is 0 Å². The second-order valence-corrected chi connectivity index (χ2v) is 4.13. The fraction of sp³-hybridized carbons (Fsp3) is 0.647. The van der Waals surface area contributed by atoms with E-state index in [1.165, 1.54) is 24.1 Å². The summed E-state index contributed by atoms with van der Waals surface area (Å²) < 4.78 is 19.8. The SMILES string of the molecule is CC.CCC.CCCc1ccc(F)cc1.CNC.CSO. The first-order valence-corrected chi connectivity index (χ1v) is 8.76. The predicted molar refractivity (Wildman–Crippen MR) is 98.8 cm³/mol. The van der Waals surface area contributed by atoms with Gasteiger partial charge in [-0.15, -0.1) is 0 Å². The summed E-state index contributed by atoms with van der Waals surface area (Å²) in [5.41, 5.74) is 1.21. The Labute approximate surface area is 136 Å². The molecule has 0 heterocycles. The monoisotopic (exact) mass is 321 g/mol. The molecule has 0 atom stereocenters. The largest absolute Gasteiger partial charge is 0.330 e. The molecular formula is C17H36FNOS. The summed E-state index contributed by atoms with van der Waals surface area (Å²) in [7, 11) is 3.75. The molecule has 1 aromatic carbocycles. The molecule has 0 saturated heterocycles. The molecule has 0 amide bonds. The van der Waals surface area contributed by atoms with Gasteiger partial charge in [-0.3, -0.25) is 0 Å². The Morgan fingerprint density at radius 1 is 1.05 bits per heavy atom. The van der Waals surface area contributed by atoms with Crippen LogP contribution in [-0.2, 0) is 6.42 Å². The highest BCUT2D eigenvalue weighted by Gasteiger charge is 1.90. The van der Waals surface area contributed by atoms with Crippen molar-refractivity contribution in [2.75, 3.05) is 20.4 Å². The topological polar surface area (TPSA) is 32.3 Å². The van der Waals surface area contributed by atoms with Gasteiger partial charge in [0.1, 0.15) is 5.82 Å². The van der Waals surface area contributed by atoms with Crippen LogP contribution < -0.4 is 5.32 Å². The number of halogens is 1. The van der Waals surface area contributed by atoms with Gasteiger partial charge in [0.15, 0.2) is 0 Å². The highest BCUT2D eigenvalue weighted by molar-refractivity contribution is 7.93. The third kappa shape index (κ3) is 38.2. The van der Waals surface area contributed by atoms with Crippen LogP contribution in [0.4, 0.5) is 4.39 Å². The quantitative estimate of drug-likeness (QED) is 0.667. The van der Waals surface area contributed by atoms with Crippen molar-refractivity contribution in [3.8, 4) is 0 Å². The van der Waals surface area contributed by atoms with Crippen LogP contribution in [0.1, 0.15) is 53.0 Å². The highest BCUT2D eigenvalue weighted by atomic mass is 32.2. The zero-order valence-corrected chi connectivity index (χ0v) is 16.0. The van der Waals surface area contributed by atoms with Gasteiger partial charge in [-0.25, -0.2) is 4.39 Å². The van der Waals surface area contributed by atoms with E-state index in [1.54, 1.807) is 6.26 Å². The lowest BCUT2D eigenvalue weighted by atomic mass is 10.1. The Hall–Kier alpha value is -0.580. The molecule has 0 aliphatic carbocycles. The first-order chi connectivity index (χ1) is 10.1. The first-order valence-electron chi connectivity index (χ1n) is 7.58. The van der Waals surface area contributed by atoms with Crippen LogP contribution in [0.15, 0.2) is 24.3 Å². The van der Waals surface area contributed by atoms with Crippen molar-refractivity contribution in [1.29, 1.82) is 0 Å². The van der Waals surface area contributed by atoms with Crippen LogP contribution in [0.25, 0.3) is 0 Å². The number of aryl methyl sites for hydroxylation is 1. The van der Waals surface area contributed by atoms with E-state index in [-0.39, 0.29) is 5.82 Å². The standard InChI is InChI=1S/C9H11F.C3H8.C2H7N.C2H6.CH4OS/c1-2-3-8-4-6-9(10)7-5-8;2*1-3-2;1-2;1-3-2/h4-7H,2-3H2,1H3;3H2,1-2H3;3H,1-2H3;1-2H3;2H,1H3. The van der Waals surface area contributed by atoms with E-state index in [4.69, 9.17) is 4.55 Å². The lowest BCUT2D eigenvalue weighted by molar-refractivity contribution is 0.627. The minimum absolute atomic E-state index is 0.153. The second kappa shape index (κ2) is 31.7. The summed E-state index contributed by atoms with van der Waals surface area (Å²) >= 11 is 0.750. The molecule has 0 aliphatic rings. The number of benzene rings is 1. The third-order valence-electron chi connectivity index (χ3n) is 1.45. The van der Waals surface area contributed by atoms with Gasteiger partial charge >= 0.3 is 0 Å². The zero-order chi connectivity index (χ0) is 17.5. The smallest absolute Gasteiger partial charge is 0.123 e. The third-order valence-corrected chi connectivity index (χ3v) is 1.45. The van der Waals surface area contributed by atoms with E-state index in [1.807, 2.05) is 40.1 Å². The maximum absolute atomic E-state index is 12.3. The molecule has 0 aliphatic heterocycles. The van der Waals surface area contributed by atoms with Crippen LogP contribution in [-0.4, -0.2) is 24.9 Å². The van der Waals surface area contributed by atoms with E-state index >= 15 is 0 Å². The van der Waals surface area contributed by atoms with Gasteiger partial charge in [0.2, 0.25) is 0 Å². The molecule has 1 aromatic rings. The molecule has 0 spiro atoms. The van der Waals surface area contributed by atoms with Crippen LogP contribution in [0.3, 0.4) is 0 Å². The minimum atomic E-state index is -0.153. The normalized spacial score (nSPS) is 7.52. The summed E-state index contributed by atoms with van der Waals surface area (Å²) in [6.07, 6.45) is 5.01. The van der Waals surface area contributed by atoms with Crippen LogP contribution in [0.5, 0.6) is 0 Å². The fourth-order valence-corrected chi connectivity index (χ4v) is 0.940. The average Bonchev–Trinajstić information content (AvgIpc) is 2.46. The number of hydrogen-bond acceptors (Lipinski definition) is 3. The van der Waals surface area contributed by atoms with Gasteiger partial charge in [0, 0.05) is 6.26 Å². The number of nitrogens with one attached hydrogen (secondary N) is 1. The summed E-state index contributed by atoms with van der Waals surface area (Å²) in [6, 6.07) is 6.67. The first kappa shape index (κ1) is 28.6. The van der Waals surface area contributed by atoms with E-state index in [0.717, 1.165) is 24.9 Å². The summed E-state index contributed by atoms with van der Waals surface area (Å²) in [5, 5.41) is 2.75. The van der Waals surface area contributed by atoms with Crippen molar-refractivity contribution in [1.82, 2.24) is 5.32 Å². The van der Waals surface area contributed by atoms with Crippen molar-refractivity contribution < 1.29 is 8.94 Å². The van der Waals surface area contributed by atoms with Gasteiger partial charge in [0.25, 0.3) is 0 Å². The van der Waals surface area contributed by atoms with Gasteiger partial charge in [-0.2, -0.15) is 0 Å². The van der Waals surface area contributed by atoms with Gasteiger partial charge in [-0.1, -0.05) is 59.6 Å². The van der Waals surface area contributed by atoms with E-state index in [2.05, 4.69) is 26.1 Å². The Morgan fingerprint density at radius 2 is 1.33 bits per heavy atom. The molecule has 2 nitrogen and oxygen atoms in total. The van der Waals surface area contributed by atoms with Crippen molar-refractivity contribution >= 4 is 12.0 Å². The molecule has 128 valence electrons. The molecule has 1 rings (SSSR count). The molecule has 21 heavy (non-hydrogen) atoms. The van der Waals surface area contributed by atoms with Crippen LogP contribution >= 0.6 is 12.0 Å². The molecule has 4 heteroatoms. The predicted octanol–water partition coefficient (Wildman–Crippen LogP) is 5.88. The van der Waals surface area contributed by atoms with Crippen molar-refractivity contribution in [2.45, 2.75) is 53.9 Å². The van der Waals surface area contributed by atoms with Crippen molar-refractivity contribution in [3.05, 3.63) is 35.6 Å². The Balaban J connectivity index is -0.000000110. The molecular weight excluding hydrogens is 285 g/mol. The molecule has 0 saturated carbocycles. The molecule has 0 aromatic heterocycles. The van der Waals surface area contributed by atoms with Crippen LogP contribution in [0.2, 0.25) is 0 Å². The molecule has 0 unspecified atom stereocenters. The molecule has 0 radical (unpaired) electrons. The summed E-state index contributed by atoms with van der Waals surface area (Å²) in [4.78, 5) is 0. The lowest BCUT2D eigenvalue weighted by Crippen LogP contribution is -1.89. The van der Waals surface area contributed by atoms with E-state index < -0.39 is 0 Å². The second-order valence-electron chi connectivity index (χ2n) is 3.77. The van der Waals surface area contributed by atoms with Crippen molar-refractivity contribution in [2.24, 2.45) is 0 Å². The number of hydrogen-bond donors (Lipinski definition) is 2. The fourth-order valence-electron chi connectivity index (χ4n) is 0.940. The van der Waals surface area contributed by atoms with E-state index in [9.17, 15) is 4.39 Å². The highest BCUT2D eigenvalue weighted by Crippen LogP contribution is 2.04.